The summed E-state index contributed by atoms with van der Waals surface area (Å²) in [5, 5.41) is 22.0. The van der Waals surface area contributed by atoms with Gasteiger partial charge in [0.15, 0.2) is 6.61 Å². The molecule has 4 rings (SSSR count). The molecule has 1 aliphatic rings. The van der Waals surface area contributed by atoms with Crippen LogP contribution in [-0.4, -0.2) is 62.0 Å². The van der Waals surface area contributed by atoms with Crippen molar-refractivity contribution >= 4 is 58.0 Å². The fourth-order valence-corrected chi connectivity index (χ4v) is 5.05. The van der Waals surface area contributed by atoms with E-state index in [4.69, 9.17) is 21.7 Å². The molecule has 10 nitrogen and oxygen atoms in total. The number of nitrogens with zero attached hydrogens (tertiary/aromatic N) is 2. The highest BCUT2D eigenvalue weighted by Gasteiger charge is 2.40. The molecule has 0 spiro atoms. The third kappa shape index (κ3) is 6.92. The van der Waals surface area contributed by atoms with Crippen molar-refractivity contribution in [2.45, 2.75) is 12.5 Å². The summed E-state index contributed by atoms with van der Waals surface area (Å²) in [6.07, 6.45) is 3.14. The number of anilines is 1. The van der Waals surface area contributed by atoms with Crippen LogP contribution < -0.4 is 14.8 Å². The summed E-state index contributed by atoms with van der Waals surface area (Å²) in [5.74, 6) is -0.923. The average Bonchev–Trinajstić information content (AvgIpc) is 3.20. The molecule has 1 unspecified atom stereocenters. The second-order valence-corrected chi connectivity index (χ2v) is 9.91. The van der Waals surface area contributed by atoms with E-state index >= 15 is 0 Å². The summed E-state index contributed by atoms with van der Waals surface area (Å²) < 4.78 is 11.1. The second kappa shape index (κ2) is 12.4. The third-order valence-corrected chi connectivity index (χ3v) is 6.91. The Morgan fingerprint density at radius 1 is 1.18 bits per heavy atom. The molecular formula is C27H23N3O7S2. The molecule has 3 N–H and O–H groups in total. The molecule has 12 heteroatoms. The average molecular weight is 566 g/mol. The summed E-state index contributed by atoms with van der Waals surface area (Å²) in [6, 6.07) is 14.9. The number of hydrogen-bond acceptors (Lipinski definition) is 9. The Morgan fingerprint density at radius 3 is 2.62 bits per heavy atom. The molecule has 1 saturated heterocycles. The highest BCUT2D eigenvalue weighted by Crippen LogP contribution is 2.37. The zero-order valence-electron chi connectivity index (χ0n) is 20.6. The van der Waals surface area contributed by atoms with Gasteiger partial charge in [0.2, 0.25) is 0 Å². The Balaban J connectivity index is 1.47. The topological polar surface area (TPSA) is 138 Å². The molecule has 0 saturated carbocycles. The van der Waals surface area contributed by atoms with Crippen LogP contribution in [0.5, 0.6) is 17.2 Å². The summed E-state index contributed by atoms with van der Waals surface area (Å²) in [5.41, 5.74) is 1.16. The van der Waals surface area contributed by atoms with E-state index in [0.717, 1.165) is 16.7 Å². The highest BCUT2D eigenvalue weighted by atomic mass is 32.2. The number of ether oxygens (including phenoxy) is 2. The van der Waals surface area contributed by atoms with Crippen LogP contribution in [-0.2, 0) is 20.8 Å². The van der Waals surface area contributed by atoms with Crippen LogP contribution in [0.25, 0.3) is 6.08 Å². The van der Waals surface area contributed by atoms with Gasteiger partial charge in [-0.05, 0) is 48.0 Å². The fraction of sp³-hybridized carbons (Fsp3) is 0.148. The number of amides is 2. The van der Waals surface area contributed by atoms with Crippen molar-refractivity contribution in [3.8, 4) is 17.2 Å². The summed E-state index contributed by atoms with van der Waals surface area (Å²) in [4.78, 5) is 42.8. The predicted octanol–water partition coefficient (Wildman–Crippen LogP) is 3.71. The first-order chi connectivity index (χ1) is 18.7. The van der Waals surface area contributed by atoms with Gasteiger partial charge in [-0.2, -0.15) is 0 Å². The Bertz CT molecular complexity index is 1430. The number of carbonyl (C=O) groups is 3. The fourth-order valence-electron chi connectivity index (χ4n) is 3.70. The van der Waals surface area contributed by atoms with E-state index in [1.54, 1.807) is 60.8 Å². The molecule has 1 fully saturated rings. The number of thioether (sulfide) groups is 1. The van der Waals surface area contributed by atoms with Gasteiger partial charge in [-0.15, -0.1) is 0 Å². The van der Waals surface area contributed by atoms with Gasteiger partial charge in [0.05, 0.1) is 12.0 Å². The molecule has 1 aromatic heterocycles. The largest absolute Gasteiger partial charge is 0.508 e. The minimum atomic E-state index is -1.22. The van der Waals surface area contributed by atoms with E-state index in [-0.39, 0.29) is 33.9 Å². The number of pyridine rings is 1. The number of carboxylic acids is 1. The highest BCUT2D eigenvalue weighted by molar-refractivity contribution is 8.26. The van der Waals surface area contributed by atoms with Crippen molar-refractivity contribution < 1.29 is 34.1 Å². The van der Waals surface area contributed by atoms with Gasteiger partial charge in [-0.3, -0.25) is 14.5 Å². The molecule has 0 radical (unpaired) electrons. The maximum Gasteiger partial charge on any atom is 0.327 e. The quantitative estimate of drug-likeness (QED) is 0.246. The number of aliphatic carboxylic acids is 1. The monoisotopic (exact) mass is 565 g/mol. The number of carbonyl (C=O) groups excluding carboxylic acids is 2. The maximum absolute atomic E-state index is 13.2. The number of methoxy groups -OCH3 is 1. The van der Waals surface area contributed by atoms with Crippen LogP contribution in [0.3, 0.4) is 0 Å². The van der Waals surface area contributed by atoms with Crippen LogP contribution in [0.4, 0.5) is 5.82 Å². The first-order valence-corrected chi connectivity index (χ1v) is 12.8. The minimum Gasteiger partial charge on any atom is -0.508 e. The Labute approximate surface area is 233 Å². The Hall–Kier alpha value is -4.42. The SMILES string of the molecule is COc1cc(OCC(=O)Nc2ccccn2)ccc1/C=C1\SC(=S)N(C(Cc2ccc(O)cc2)C(=O)O)C1=O. The molecule has 200 valence electrons. The van der Waals surface area contributed by atoms with Crippen LogP contribution in [0.2, 0.25) is 0 Å². The number of rotatable bonds is 10. The van der Waals surface area contributed by atoms with E-state index in [0.29, 0.717) is 28.4 Å². The van der Waals surface area contributed by atoms with E-state index in [2.05, 4.69) is 10.3 Å². The number of aromatic nitrogens is 1. The first-order valence-electron chi connectivity index (χ1n) is 11.5. The van der Waals surface area contributed by atoms with Gasteiger partial charge >= 0.3 is 5.97 Å². The molecule has 39 heavy (non-hydrogen) atoms. The number of aromatic hydroxyl groups is 1. The summed E-state index contributed by atoms with van der Waals surface area (Å²) in [7, 11) is 1.45. The molecule has 2 heterocycles. The molecule has 3 aromatic rings. The number of phenolic OH excluding ortho intramolecular Hbond substituents is 1. The number of thiocarbonyl (C=S) groups is 1. The molecule has 2 amide bonds. The van der Waals surface area contributed by atoms with Crippen LogP contribution in [0.1, 0.15) is 11.1 Å². The molecule has 2 aromatic carbocycles. The van der Waals surface area contributed by atoms with Gasteiger partial charge in [-0.25, -0.2) is 9.78 Å². The number of phenols is 1. The molecule has 0 bridgehead atoms. The number of hydrogen-bond donors (Lipinski definition) is 3. The van der Waals surface area contributed by atoms with Crippen molar-refractivity contribution in [1.82, 2.24) is 9.88 Å². The Kier molecular flexibility index (Phi) is 8.79. The van der Waals surface area contributed by atoms with Crippen molar-refractivity contribution in [3.63, 3.8) is 0 Å². The van der Waals surface area contributed by atoms with Crippen molar-refractivity contribution in [2.24, 2.45) is 0 Å². The second-order valence-electron chi connectivity index (χ2n) is 8.23. The smallest absolute Gasteiger partial charge is 0.327 e. The standard InChI is InChI=1S/C27H23N3O7S2/c1-36-21-14-19(37-15-24(32)29-23-4-2-3-11-28-23)10-7-17(21)13-22-25(33)30(27(38)39-22)20(26(34)35)12-16-5-8-18(31)9-6-16/h2-11,13-14,20,31H,12,15H2,1H3,(H,34,35)(H,28,29,32)/b22-13-. The lowest BCUT2D eigenvalue weighted by Gasteiger charge is -2.23. The first kappa shape index (κ1) is 27.6. The van der Waals surface area contributed by atoms with Gasteiger partial charge in [-0.1, -0.05) is 42.2 Å². The van der Waals surface area contributed by atoms with Gasteiger partial charge < -0.3 is 25.0 Å². The van der Waals surface area contributed by atoms with E-state index < -0.39 is 17.9 Å². The van der Waals surface area contributed by atoms with Crippen molar-refractivity contribution in [3.05, 3.63) is 82.9 Å². The van der Waals surface area contributed by atoms with Gasteiger partial charge in [0, 0.05) is 24.2 Å². The van der Waals surface area contributed by atoms with E-state index in [1.807, 2.05) is 0 Å². The minimum absolute atomic E-state index is 0.0125. The Morgan fingerprint density at radius 2 is 1.95 bits per heavy atom. The van der Waals surface area contributed by atoms with Crippen molar-refractivity contribution in [2.75, 3.05) is 19.0 Å². The molecule has 1 atom stereocenters. The lowest BCUT2D eigenvalue weighted by molar-refractivity contribution is -0.145. The van der Waals surface area contributed by atoms with Gasteiger partial charge in [0.25, 0.3) is 11.8 Å². The zero-order valence-corrected chi connectivity index (χ0v) is 22.2. The number of nitrogens with one attached hydrogen (secondary N) is 1. The van der Waals surface area contributed by atoms with Gasteiger partial charge in [0.1, 0.15) is 33.4 Å². The van der Waals surface area contributed by atoms with Crippen LogP contribution in [0, 0.1) is 0 Å². The summed E-state index contributed by atoms with van der Waals surface area (Å²) >= 11 is 6.36. The number of benzene rings is 2. The lowest BCUT2D eigenvalue weighted by atomic mass is 10.0. The normalized spacial score (nSPS) is 14.8. The predicted molar refractivity (Wildman–Crippen MR) is 150 cm³/mol. The molecule has 0 aliphatic carbocycles. The summed E-state index contributed by atoms with van der Waals surface area (Å²) in [6.45, 7) is -0.255. The third-order valence-electron chi connectivity index (χ3n) is 5.58. The maximum atomic E-state index is 13.2. The lowest BCUT2D eigenvalue weighted by Crippen LogP contribution is -2.45. The molecular weight excluding hydrogens is 542 g/mol. The zero-order chi connectivity index (χ0) is 27.9. The van der Waals surface area contributed by atoms with E-state index in [1.165, 1.54) is 19.2 Å². The van der Waals surface area contributed by atoms with Crippen LogP contribution in [0.15, 0.2) is 71.8 Å². The number of carboxylic acid groups (broad SMARTS) is 1. The van der Waals surface area contributed by atoms with Crippen LogP contribution >= 0.6 is 24.0 Å². The van der Waals surface area contributed by atoms with E-state index in [9.17, 15) is 24.6 Å². The molecule has 1 aliphatic heterocycles. The van der Waals surface area contributed by atoms with Crippen molar-refractivity contribution in [1.29, 1.82) is 0 Å².